The molecule has 1 aromatic heterocycles. The largest absolute Gasteiger partial charge is 0.480 e. The summed E-state index contributed by atoms with van der Waals surface area (Å²) in [6.45, 7) is 0.602. The van der Waals surface area contributed by atoms with Crippen LogP contribution >= 0.6 is 0 Å². The zero-order valence-corrected chi connectivity index (χ0v) is 21.4. The first-order chi connectivity index (χ1) is 19.2. The molecule has 12 nitrogen and oxygen atoms in total. The van der Waals surface area contributed by atoms with Crippen molar-refractivity contribution in [1.29, 1.82) is 0 Å². The molecule has 2 heterocycles. The number of aromatic amines is 1. The number of alkyl carbamates (subject to hydrolysis) is 1. The van der Waals surface area contributed by atoms with Crippen molar-refractivity contribution in [1.82, 2.24) is 31.2 Å². The van der Waals surface area contributed by atoms with Crippen molar-refractivity contribution < 1.29 is 33.0 Å². The lowest BCUT2D eigenvalue weighted by Gasteiger charge is -2.22. The standard InChI is InChI=1S/C26H28F2N6O6/c1-34(12-19(24(37)38)33-26(39)40-13-14-5-3-2-4-6-14)23(36)17-11-31-21-15(22(17)35)9-18(27)16(20(21)28)10-32-25-29-7-8-30-25/h2-6,9,11,19,25,29-30,32H,7-8,10,12-13H2,1H3,(H,31,35)(H,33,39)(H,37,38). The monoisotopic (exact) mass is 558 g/mol. The van der Waals surface area contributed by atoms with Crippen molar-refractivity contribution in [3.63, 3.8) is 0 Å². The number of nitrogens with zero attached hydrogens (tertiary/aromatic N) is 1. The lowest BCUT2D eigenvalue weighted by atomic mass is 10.1. The SMILES string of the molecule is CN(CC(NC(=O)OCc1ccccc1)C(=O)O)C(=O)c1c[nH]c2c(F)c(CNC3NCCN3)c(F)cc2c1=O. The second-order valence-electron chi connectivity index (χ2n) is 9.11. The molecule has 0 aliphatic carbocycles. The van der Waals surface area contributed by atoms with Crippen molar-refractivity contribution in [2.24, 2.45) is 0 Å². The molecule has 0 radical (unpaired) electrons. The van der Waals surface area contributed by atoms with E-state index >= 15 is 4.39 Å². The highest BCUT2D eigenvalue weighted by atomic mass is 19.1. The number of carbonyl (C=O) groups is 3. The number of hydrogen-bond donors (Lipinski definition) is 6. The van der Waals surface area contributed by atoms with Crippen molar-refractivity contribution >= 4 is 28.9 Å². The topological polar surface area (TPSA) is 165 Å². The first kappa shape index (κ1) is 28.6. The van der Waals surface area contributed by atoms with Gasteiger partial charge in [-0.2, -0.15) is 0 Å². The van der Waals surface area contributed by atoms with Gasteiger partial charge < -0.3 is 25.0 Å². The molecule has 1 aliphatic heterocycles. The summed E-state index contributed by atoms with van der Waals surface area (Å²) >= 11 is 0. The summed E-state index contributed by atoms with van der Waals surface area (Å²) in [5.74, 6) is -4.31. The quantitative estimate of drug-likeness (QED) is 0.211. The highest BCUT2D eigenvalue weighted by Crippen LogP contribution is 2.21. The van der Waals surface area contributed by atoms with Gasteiger partial charge in [-0.15, -0.1) is 0 Å². The Morgan fingerprint density at radius 2 is 1.88 bits per heavy atom. The van der Waals surface area contributed by atoms with Gasteiger partial charge in [-0.3, -0.25) is 25.5 Å². The summed E-state index contributed by atoms with van der Waals surface area (Å²) in [4.78, 5) is 53.3. The average Bonchev–Trinajstić information content (AvgIpc) is 3.46. The normalized spacial score (nSPS) is 14.2. The summed E-state index contributed by atoms with van der Waals surface area (Å²) < 4.78 is 34.9. The third-order valence-electron chi connectivity index (χ3n) is 6.30. The van der Waals surface area contributed by atoms with Gasteiger partial charge in [0.05, 0.1) is 17.4 Å². The second kappa shape index (κ2) is 12.6. The molecule has 0 bridgehead atoms. The lowest BCUT2D eigenvalue weighted by Crippen LogP contribution is -2.49. The summed E-state index contributed by atoms with van der Waals surface area (Å²) in [7, 11) is 1.22. The molecule has 0 spiro atoms. The highest BCUT2D eigenvalue weighted by molar-refractivity contribution is 5.97. The number of likely N-dealkylation sites (N-methyl/N-ethyl adjacent to an activating group) is 1. The molecule has 14 heteroatoms. The molecule has 4 rings (SSSR count). The van der Waals surface area contributed by atoms with E-state index in [-0.39, 0.29) is 35.9 Å². The molecule has 212 valence electrons. The van der Waals surface area contributed by atoms with Crippen LogP contribution in [0.1, 0.15) is 21.5 Å². The Hall–Kier alpha value is -4.40. The number of carboxylic acid groups (broad SMARTS) is 1. The zero-order valence-electron chi connectivity index (χ0n) is 21.4. The van der Waals surface area contributed by atoms with Crippen molar-refractivity contribution in [2.75, 3.05) is 26.7 Å². The lowest BCUT2D eigenvalue weighted by molar-refractivity contribution is -0.139. The first-order valence-electron chi connectivity index (χ1n) is 12.3. The van der Waals surface area contributed by atoms with E-state index in [2.05, 4.69) is 26.3 Å². The summed E-state index contributed by atoms with van der Waals surface area (Å²) in [6.07, 6.45) is -0.352. The summed E-state index contributed by atoms with van der Waals surface area (Å²) in [5.41, 5.74) is -1.28. The van der Waals surface area contributed by atoms with E-state index in [0.29, 0.717) is 18.7 Å². The Kier molecular flexibility index (Phi) is 9.04. The molecule has 1 unspecified atom stereocenters. The number of carbonyl (C=O) groups excluding carboxylic acids is 2. The van der Waals surface area contributed by atoms with Gasteiger partial charge in [0.1, 0.15) is 30.3 Å². The molecule has 0 saturated carbocycles. The Balaban J connectivity index is 1.45. The molecular weight excluding hydrogens is 530 g/mol. The average molecular weight is 559 g/mol. The van der Waals surface area contributed by atoms with Crippen LogP contribution in [0.15, 0.2) is 47.4 Å². The fourth-order valence-electron chi connectivity index (χ4n) is 4.16. The Morgan fingerprint density at radius 3 is 2.55 bits per heavy atom. The molecule has 1 saturated heterocycles. The fraction of sp³-hybridized carbons (Fsp3) is 0.308. The van der Waals surface area contributed by atoms with Crippen LogP contribution in [0, 0.1) is 11.6 Å². The number of rotatable bonds is 10. The molecular formula is C26H28F2N6O6. The third-order valence-corrected chi connectivity index (χ3v) is 6.30. The molecule has 1 aliphatic rings. The maximum atomic E-state index is 15.1. The Morgan fingerprint density at radius 1 is 1.18 bits per heavy atom. The van der Waals surface area contributed by atoms with E-state index < -0.39 is 53.2 Å². The fourth-order valence-corrected chi connectivity index (χ4v) is 4.16. The van der Waals surface area contributed by atoms with Crippen molar-refractivity contribution in [3.05, 3.63) is 81.1 Å². The van der Waals surface area contributed by atoms with Crippen LogP contribution in [0.4, 0.5) is 13.6 Å². The van der Waals surface area contributed by atoms with E-state index in [1.807, 2.05) is 0 Å². The van der Waals surface area contributed by atoms with Crippen LogP contribution in [-0.2, 0) is 22.7 Å². The maximum Gasteiger partial charge on any atom is 0.408 e. The van der Waals surface area contributed by atoms with Gasteiger partial charge in [-0.25, -0.2) is 18.4 Å². The third kappa shape index (κ3) is 6.59. The number of H-pyrrole nitrogens is 1. The number of carboxylic acids is 1. The number of nitrogens with one attached hydrogen (secondary N) is 5. The second-order valence-corrected chi connectivity index (χ2v) is 9.11. The minimum absolute atomic E-state index is 0.0977. The first-order valence-corrected chi connectivity index (χ1v) is 12.3. The van der Waals surface area contributed by atoms with Crippen LogP contribution in [-0.4, -0.2) is 72.0 Å². The van der Waals surface area contributed by atoms with Gasteiger partial charge in [0.2, 0.25) is 5.43 Å². The molecule has 2 amide bonds. The van der Waals surface area contributed by atoms with Crippen molar-refractivity contribution in [2.45, 2.75) is 25.5 Å². The van der Waals surface area contributed by atoms with Gasteiger partial charge in [0.15, 0.2) is 5.82 Å². The van der Waals surface area contributed by atoms with Gasteiger partial charge in [-0.05, 0) is 11.6 Å². The molecule has 2 aromatic carbocycles. The van der Waals surface area contributed by atoms with Crippen LogP contribution in [0.3, 0.4) is 0 Å². The van der Waals surface area contributed by atoms with Gasteiger partial charge in [-0.1, -0.05) is 30.3 Å². The van der Waals surface area contributed by atoms with E-state index in [0.717, 1.165) is 17.2 Å². The van der Waals surface area contributed by atoms with Crippen molar-refractivity contribution in [3.8, 4) is 0 Å². The molecule has 40 heavy (non-hydrogen) atoms. The van der Waals surface area contributed by atoms with Crippen LogP contribution in [0.25, 0.3) is 10.9 Å². The number of fused-ring (bicyclic) bond motifs is 1. The zero-order chi connectivity index (χ0) is 28.8. The predicted octanol–water partition coefficient (Wildman–Crippen LogP) is 0.824. The number of ether oxygens (including phenoxy) is 1. The molecule has 1 atom stereocenters. The molecule has 3 aromatic rings. The number of aliphatic carboxylic acids is 1. The van der Waals surface area contributed by atoms with Crippen LogP contribution in [0.2, 0.25) is 0 Å². The van der Waals surface area contributed by atoms with Crippen LogP contribution in [0.5, 0.6) is 0 Å². The molecule has 6 N–H and O–H groups in total. The minimum Gasteiger partial charge on any atom is -0.480 e. The van der Waals surface area contributed by atoms with E-state index in [9.17, 15) is 28.7 Å². The van der Waals surface area contributed by atoms with E-state index in [1.165, 1.54) is 7.05 Å². The van der Waals surface area contributed by atoms with E-state index in [4.69, 9.17) is 4.74 Å². The Labute approximate surface area is 226 Å². The number of halogens is 2. The highest BCUT2D eigenvalue weighted by Gasteiger charge is 2.27. The minimum atomic E-state index is -1.56. The number of amides is 2. The number of aromatic nitrogens is 1. The Bertz CT molecular complexity index is 1460. The number of hydrogen-bond acceptors (Lipinski definition) is 8. The van der Waals surface area contributed by atoms with Gasteiger partial charge >= 0.3 is 12.1 Å². The summed E-state index contributed by atoms with van der Waals surface area (Å²) in [5, 5.41) is 20.3. The predicted molar refractivity (Wildman–Crippen MR) is 139 cm³/mol. The van der Waals surface area contributed by atoms with Crippen LogP contribution < -0.4 is 26.7 Å². The van der Waals surface area contributed by atoms with Gasteiger partial charge in [0.25, 0.3) is 5.91 Å². The van der Waals surface area contributed by atoms with E-state index in [1.54, 1.807) is 30.3 Å². The maximum absolute atomic E-state index is 15.1. The number of benzene rings is 2. The van der Waals surface area contributed by atoms with Gasteiger partial charge in [0, 0.05) is 38.4 Å². The number of pyridine rings is 1. The smallest absolute Gasteiger partial charge is 0.408 e. The molecule has 1 fully saturated rings. The summed E-state index contributed by atoms with van der Waals surface area (Å²) in [6, 6.07) is 8.00.